The lowest BCUT2D eigenvalue weighted by Crippen LogP contribution is -2.60. The highest BCUT2D eigenvalue weighted by Gasteiger charge is 2.48. The fourth-order valence-electron chi connectivity index (χ4n) is 7.31. The van der Waals surface area contributed by atoms with Crippen molar-refractivity contribution in [2.75, 3.05) is 31.6 Å². The molecule has 3 atom stereocenters. The zero-order chi connectivity index (χ0) is 25.4. The molecule has 3 aliphatic heterocycles. The average molecular weight is 523 g/mol. The highest BCUT2D eigenvalue weighted by atomic mass is 32.1. The molecule has 37 heavy (non-hydrogen) atoms. The number of carbonyl (C=O) groups excluding carboxylic acids is 1. The first-order valence-corrected chi connectivity index (χ1v) is 15.0. The number of H-pyrrole nitrogens is 1. The normalized spacial score (nSPS) is 28.1. The summed E-state index contributed by atoms with van der Waals surface area (Å²) in [5.41, 5.74) is 4.73. The Morgan fingerprint density at radius 1 is 1.11 bits per heavy atom. The lowest BCUT2D eigenvalue weighted by Gasteiger charge is -2.53. The van der Waals surface area contributed by atoms with Crippen molar-refractivity contribution < 1.29 is 9.53 Å². The van der Waals surface area contributed by atoms with Crippen LogP contribution in [-0.2, 0) is 17.7 Å². The van der Waals surface area contributed by atoms with Crippen molar-refractivity contribution in [2.24, 2.45) is 0 Å². The fourth-order valence-corrected chi connectivity index (χ4v) is 8.74. The second kappa shape index (κ2) is 8.95. The molecule has 2 aromatic heterocycles. The first-order chi connectivity index (χ1) is 17.9. The molecule has 1 unspecified atom stereocenters. The molecular weight excluding hydrogens is 484 g/mol. The van der Waals surface area contributed by atoms with Gasteiger partial charge in [0.25, 0.3) is 11.5 Å². The number of rotatable bonds is 5. The van der Waals surface area contributed by atoms with Gasteiger partial charge in [0.15, 0.2) is 0 Å². The van der Waals surface area contributed by atoms with E-state index in [1.54, 1.807) is 0 Å². The van der Waals surface area contributed by atoms with Crippen molar-refractivity contribution in [3.05, 3.63) is 49.2 Å². The van der Waals surface area contributed by atoms with Gasteiger partial charge >= 0.3 is 0 Å². The molecule has 0 radical (unpaired) electrons. The maximum atomic E-state index is 14.2. The molecule has 2 saturated carbocycles. The van der Waals surface area contributed by atoms with Crippen LogP contribution in [0.3, 0.4) is 0 Å². The van der Waals surface area contributed by atoms with Crippen molar-refractivity contribution in [2.45, 2.75) is 95.5 Å². The van der Waals surface area contributed by atoms with E-state index in [1.807, 2.05) is 36.2 Å². The Morgan fingerprint density at radius 2 is 1.92 bits per heavy atom. The molecule has 3 fully saturated rings. The third-order valence-electron chi connectivity index (χ3n) is 9.45. The lowest BCUT2D eigenvalue weighted by molar-refractivity contribution is -0.0886. The van der Waals surface area contributed by atoms with Gasteiger partial charge in [-0.3, -0.25) is 14.5 Å². The van der Waals surface area contributed by atoms with E-state index in [2.05, 4.69) is 21.8 Å². The number of anilines is 1. The largest absolute Gasteiger partial charge is 0.372 e. The van der Waals surface area contributed by atoms with Crippen LogP contribution in [0.15, 0.2) is 10.9 Å². The summed E-state index contributed by atoms with van der Waals surface area (Å²) >= 11 is 1.86. The van der Waals surface area contributed by atoms with E-state index in [0.29, 0.717) is 48.9 Å². The summed E-state index contributed by atoms with van der Waals surface area (Å²) in [6, 6.07) is 3.07. The Labute approximate surface area is 222 Å². The monoisotopic (exact) mass is 522 g/mol. The van der Waals surface area contributed by atoms with E-state index < -0.39 is 0 Å². The Morgan fingerprint density at radius 3 is 2.68 bits per heavy atom. The minimum absolute atomic E-state index is 0.0715. The summed E-state index contributed by atoms with van der Waals surface area (Å²) in [7, 11) is 2.23. The van der Waals surface area contributed by atoms with Crippen LogP contribution in [0.5, 0.6) is 0 Å². The number of aryl methyl sites for hydroxylation is 3. The molecule has 1 amide bonds. The molecule has 7 nitrogen and oxygen atoms in total. The van der Waals surface area contributed by atoms with Gasteiger partial charge in [0.1, 0.15) is 0 Å². The number of fused-ring (bicyclic) bond motifs is 6. The predicted octanol–water partition coefficient (Wildman–Crippen LogP) is 3.96. The Kier molecular flexibility index (Phi) is 5.79. The number of nitrogens with zero attached hydrogens (tertiary/aromatic N) is 3. The minimum Gasteiger partial charge on any atom is -0.372 e. The molecule has 0 aromatic carbocycles. The zero-order valence-corrected chi connectivity index (χ0v) is 23.0. The maximum absolute atomic E-state index is 14.2. The molecule has 198 valence electrons. The summed E-state index contributed by atoms with van der Waals surface area (Å²) in [6.45, 7) is 7.03. The maximum Gasteiger partial charge on any atom is 0.255 e. The summed E-state index contributed by atoms with van der Waals surface area (Å²) in [6.07, 6.45) is 8.79. The quantitative estimate of drug-likeness (QED) is 0.644. The van der Waals surface area contributed by atoms with Gasteiger partial charge in [-0.2, -0.15) is 0 Å². The summed E-state index contributed by atoms with van der Waals surface area (Å²) < 4.78 is 6.18. The van der Waals surface area contributed by atoms with Crippen LogP contribution in [0, 0.1) is 13.8 Å². The average Bonchev–Trinajstić information content (AvgIpc) is 3.60. The number of aromatic nitrogens is 1. The van der Waals surface area contributed by atoms with Crippen LogP contribution in [0.2, 0.25) is 0 Å². The van der Waals surface area contributed by atoms with E-state index in [-0.39, 0.29) is 11.5 Å². The molecule has 5 heterocycles. The van der Waals surface area contributed by atoms with Gasteiger partial charge in [-0.1, -0.05) is 0 Å². The zero-order valence-electron chi connectivity index (χ0n) is 22.2. The number of hydrogen-bond acceptors (Lipinski definition) is 6. The van der Waals surface area contributed by atoms with E-state index in [4.69, 9.17) is 4.74 Å². The number of thiophene rings is 1. The number of amides is 1. The molecule has 0 spiro atoms. The summed E-state index contributed by atoms with van der Waals surface area (Å²) in [4.78, 5) is 38.3. The third kappa shape index (κ3) is 4.07. The standard InChI is InChI=1S/C29H38N4O3S/c1-16-11-17(2)30-27(34)22(16)15-32-10-4-5-24-26(28(32)35)25-21-12-18(31(3)29(25)37-24)6-9-23(21)33-13-20(14-33)36-19-7-8-19/h11,18-21,23H,4-10,12-15H2,1-3H3,(H,30,34)/t18-,21?,23-/m0/s1. The van der Waals surface area contributed by atoms with Gasteiger partial charge < -0.3 is 19.5 Å². The summed E-state index contributed by atoms with van der Waals surface area (Å²) in [5, 5.41) is 1.32. The molecular formula is C29H38N4O3S. The van der Waals surface area contributed by atoms with Crippen molar-refractivity contribution in [3.63, 3.8) is 0 Å². The number of carbonyl (C=O) groups is 1. The van der Waals surface area contributed by atoms with Crippen molar-refractivity contribution in [1.29, 1.82) is 0 Å². The Balaban J connectivity index is 1.21. The molecule has 1 N–H and O–H groups in total. The minimum atomic E-state index is -0.0715. The predicted molar refractivity (Wildman–Crippen MR) is 146 cm³/mol. The van der Waals surface area contributed by atoms with Gasteiger partial charge in [-0.05, 0) is 70.4 Å². The van der Waals surface area contributed by atoms with Gasteiger partial charge in [0.2, 0.25) is 0 Å². The highest BCUT2D eigenvalue weighted by Crippen LogP contribution is 2.53. The topological polar surface area (TPSA) is 68.9 Å². The smallest absolute Gasteiger partial charge is 0.255 e. The second-order valence-electron chi connectivity index (χ2n) is 12.1. The van der Waals surface area contributed by atoms with Crippen LogP contribution >= 0.6 is 11.3 Å². The molecule has 7 rings (SSSR count). The Bertz CT molecular complexity index is 1290. The van der Waals surface area contributed by atoms with E-state index in [1.165, 1.54) is 41.1 Å². The first kappa shape index (κ1) is 23.9. The molecule has 5 aliphatic rings. The van der Waals surface area contributed by atoms with E-state index in [9.17, 15) is 9.59 Å². The first-order valence-electron chi connectivity index (χ1n) is 14.1. The second-order valence-corrected chi connectivity index (χ2v) is 13.1. The van der Waals surface area contributed by atoms with Gasteiger partial charge in [0, 0.05) is 66.4 Å². The molecule has 1 saturated heterocycles. The third-order valence-corrected chi connectivity index (χ3v) is 10.8. The van der Waals surface area contributed by atoms with Crippen molar-refractivity contribution in [3.8, 4) is 0 Å². The number of hydrogen-bond donors (Lipinski definition) is 1. The SMILES string of the molecule is Cc1cc(C)c(CN2CCCc3sc4c(c3C2=O)C2C[C@H](CC[C@@H]2N2CC(OC3CC3)C2)N4C)c(=O)[nH]1. The molecule has 8 heteroatoms. The van der Waals surface area contributed by atoms with Crippen LogP contribution in [-0.4, -0.2) is 71.7 Å². The summed E-state index contributed by atoms with van der Waals surface area (Å²) in [5.74, 6) is 0.527. The Hall–Kier alpha value is -2.16. The van der Waals surface area contributed by atoms with Crippen LogP contribution in [0.4, 0.5) is 5.00 Å². The van der Waals surface area contributed by atoms with Gasteiger partial charge in [0.05, 0.1) is 29.3 Å². The number of nitrogens with one attached hydrogen (secondary N) is 1. The van der Waals surface area contributed by atoms with Crippen LogP contribution in [0.1, 0.15) is 82.1 Å². The number of pyridine rings is 1. The van der Waals surface area contributed by atoms with E-state index >= 15 is 0 Å². The molecule has 2 bridgehead atoms. The van der Waals surface area contributed by atoms with Crippen LogP contribution < -0.4 is 10.5 Å². The lowest BCUT2D eigenvalue weighted by atomic mass is 9.72. The van der Waals surface area contributed by atoms with Crippen LogP contribution in [0.25, 0.3) is 0 Å². The fraction of sp³-hybridized carbons (Fsp3) is 0.655. The van der Waals surface area contributed by atoms with Crippen molar-refractivity contribution in [1.82, 2.24) is 14.8 Å². The molecule has 2 aromatic rings. The number of ether oxygens (including phenoxy) is 1. The number of likely N-dealkylation sites (tertiary alicyclic amines) is 1. The highest BCUT2D eigenvalue weighted by molar-refractivity contribution is 7.16. The van der Waals surface area contributed by atoms with Gasteiger partial charge in [-0.25, -0.2) is 0 Å². The van der Waals surface area contributed by atoms with Gasteiger partial charge in [-0.15, -0.1) is 11.3 Å². The molecule has 2 aliphatic carbocycles. The van der Waals surface area contributed by atoms with Crippen molar-refractivity contribution >= 4 is 22.2 Å². The van der Waals surface area contributed by atoms with E-state index in [0.717, 1.165) is 49.2 Å². The number of aromatic amines is 1.